The van der Waals surface area contributed by atoms with Crippen molar-refractivity contribution in [3.8, 4) is 39.8 Å². The van der Waals surface area contributed by atoms with Crippen LogP contribution in [0.2, 0.25) is 5.02 Å². The Morgan fingerprint density at radius 1 is 0.947 bits per heavy atom. The summed E-state index contributed by atoms with van der Waals surface area (Å²) in [4.78, 5) is 16.7. The van der Waals surface area contributed by atoms with Gasteiger partial charge in [0.15, 0.2) is 11.8 Å². The molecule has 192 valence electrons. The average Bonchev–Trinajstić information content (AvgIpc) is 3.71. The summed E-state index contributed by atoms with van der Waals surface area (Å²) < 4.78 is 19.3. The molecular formula is C28H24ClN5O4. The molecule has 10 heteroatoms. The number of hydrogen-bond donors (Lipinski definition) is 2. The van der Waals surface area contributed by atoms with Crippen molar-refractivity contribution in [2.24, 2.45) is 7.05 Å². The van der Waals surface area contributed by atoms with Crippen molar-refractivity contribution >= 4 is 22.8 Å². The summed E-state index contributed by atoms with van der Waals surface area (Å²) >= 11 is 6.62. The SMILES string of the molecule is Cn1ccnc1-c1ccc(-c2ccc(-c3nc4nc(O[C@@H]5CO[C@H]6[C@@H]5OC[C@H]6O)[nH]c4cc3Cl)cc2)cc1. The molecule has 0 saturated carbocycles. The van der Waals surface area contributed by atoms with Gasteiger partial charge in [-0.1, -0.05) is 60.1 Å². The highest BCUT2D eigenvalue weighted by molar-refractivity contribution is 6.33. The number of hydrogen-bond acceptors (Lipinski definition) is 7. The van der Waals surface area contributed by atoms with Crippen molar-refractivity contribution in [2.75, 3.05) is 13.2 Å². The zero-order chi connectivity index (χ0) is 25.8. The van der Waals surface area contributed by atoms with Gasteiger partial charge in [0.2, 0.25) is 0 Å². The maximum Gasteiger partial charge on any atom is 0.296 e. The Kier molecular flexibility index (Phi) is 5.66. The van der Waals surface area contributed by atoms with Gasteiger partial charge in [0.05, 0.1) is 29.4 Å². The maximum absolute atomic E-state index is 9.95. The van der Waals surface area contributed by atoms with Gasteiger partial charge in [0.25, 0.3) is 6.01 Å². The summed E-state index contributed by atoms with van der Waals surface area (Å²) in [6.07, 6.45) is 2.04. The lowest BCUT2D eigenvalue weighted by Gasteiger charge is -2.15. The standard InChI is InChI=1S/C28H24ClN5O4/c1-34-11-10-30-27(34)18-8-4-16(5-9-18)15-2-6-17(7-3-15)23-19(29)12-20-26(32-23)33-28(31-20)38-22-14-37-24-21(35)13-36-25(22)24/h2-12,21-22,24-25,35H,13-14H2,1H3,(H,31,32,33)/t21-,22-,24-,25-/m1/s1. The van der Waals surface area contributed by atoms with Crippen LogP contribution in [0.25, 0.3) is 44.9 Å². The van der Waals surface area contributed by atoms with Gasteiger partial charge in [-0.25, -0.2) is 9.97 Å². The zero-order valence-electron chi connectivity index (χ0n) is 20.4. The van der Waals surface area contributed by atoms with Crippen LogP contribution >= 0.6 is 11.6 Å². The van der Waals surface area contributed by atoms with E-state index in [2.05, 4.69) is 51.4 Å². The van der Waals surface area contributed by atoms with Crippen LogP contribution in [0.4, 0.5) is 0 Å². The third kappa shape index (κ3) is 4.04. The minimum absolute atomic E-state index is 0.241. The summed E-state index contributed by atoms with van der Waals surface area (Å²) in [5.41, 5.74) is 5.95. The second-order valence-electron chi connectivity index (χ2n) is 9.57. The molecule has 0 spiro atoms. The van der Waals surface area contributed by atoms with Gasteiger partial charge >= 0.3 is 0 Å². The summed E-state index contributed by atoms with van der Waals surface area (Å²) in [5, 5.41) is 10.5. The molecule has 2 N–H and O–H groups in total. The van der Waals surface area contributed by atoms with E-state index in [9.17, 15) is 5.11 Å². The first-order valence-corrected chi connectivity index (χ1v) is 12.7. The van der Waals surface area contributed by atoms with E-state index in [1.54, 1.807) is 12.3 Å². The normalized spacial score (nSPS) is 22.7. The van der Waals surface area contributed by atoms with E-state index >= 15 is 0 Å². The van der Waals surface area contributed by atoms with E-state index < -0.39 is 6.10 Å². The van der Waals surface area contributed by atoms with Gasteiger partial charge in [-0.3, -0.25) is 0 Å². The third-order valence-corrected chi connectivity index (χ3v) is 7.39. The van der Waals surface area contributed by atoms with Crippen LogP contribution in [0.5, 0.6) is 6.01 Å². The number of benzene rings is 2. The molecule has 0 unspecified atom stereocenters. The maximum atomic E-state index is 9.95. The van der Waals surface area contributed by atoms with Crippen molar-refractivity contribution in [2.45, 2.75) is 24.4 Å². The molecule has 2 fully saturated rings. The highest BCUT2D eigenvalue weighted by Gasteiger charge is 2.48. The van der Waals surface area contributed by atoms with E-state index in [0.29, 0.717) is 34.5 Å². The van der Waals surface area contributed by atoms with Crippen molar-refractivity contribution in [1.29, 1.82) is 0 Å². The number of aromatic nitrogens is 5. The van der Waals surface area contributed by atoms with Crippen LogP contribution in [0.3, 0.4) is 0 Å². The lowest BCUT2D eigenvalue weighted by Crippen LogP contribution is -2.34. The molecule has 38 heavy (non-hydrogen) atoms. The van der Waals surface area contributed by atoms with Crippen molar-refractivity contribution in [3.05, 3.63) is 72.0 Å². The highest BCUT2D eigenvalue weighted by atomic mass is 35.5. The number of ether oxygens (including phenoxy) is 3. The number of pyridine rings is 1. The molecule has 5 heterocycles. The van der Waals surface area contributed by atoms with Crippen LogP contribution in [0.1, 0.15) is 0 Å². The molecule has 0 radical (unpaired) electrons. The Morgan fingerprint density at radius 2 is 1.63 bits per heavy atom. The Labute approximate surface area is 223 Å². The zero-order valence-corrected chi connectivity index (χ0v) is 21.2. The van der Waals surface area contributed by atoms with Crippen LogP contribution in [0, 0.1) is 0 Å². The quantitative estimate of drug-likeness (QED) is 0.350. The van der Waals surface area contributed by atoms with Crippen LogP contribution in [-0.2, 0) is 16.5 Å². The Hall–Kier alpha value is -3.76. The molecule has 0 bridgehead atoms. The fourth-order valence-corrected chi connectivity index (χ4v) is 5.38. The van der Waals surface area contributed by atoms with Gasteiger partial charge in [0, 0.05) is 30.6 Å². The third-order valence-electron chi connectivity index (χ3n) is 7.11. The predicted octanol–water partition coefficient (Wildman–Crippen LogP) is 4.25. The molecule has 9 nitrogen and oxygen atoms in total. The van der Waals surface area contributed by atoms with Gasteiger partial charge in [-0.2, -0.15) is 4.98 Å². The monoisotopic (exact) mass is 529 g/mol. The van der Waals surface area contributed by atoms with Crippen LogP contribution in [0.15, 0.2) is 67.0 Å². The van der Waals surface area contributed by atoms with Crippen molar-refractivity contribution < 1.29 is 19.3 Å². The number of aliphatic hydroxyl groups is 1. The van der Waals surface area contributed by atoms with E-state index in [1.165, 1.54) is 0 Å². The minimum atomic E-state index is -0.635. The first-order chi connectivity index (χ1) is 18.5. The molecule has 3 aromatic heterocycles. The number of imidazole rings is 2. The molecule has 2 aromatic carbocycles. The number of halogens is 1. The van der Waals surface area contributed by atoms with Gasteiger partial charge < -0.3 is 28.9 Å². The number of aromatic amines is 1. The fourth-order valence-electron chi connectivity index (χ4n) is 5.12. The van der Waals surface area contributed by atoms with E-state index in [-0.39, 0.29) is 24.9 Å². The Balaban J connectivity index is 1.11. The molecule has 2 aliphatic heterocycles. The van der Waals surface area contributed by atoms with Gasteiger partial charge in [-0.15, -0.1) is 0 Å². The number of fused-ring (bicyclic) bond motifs is 2. The number of aliphatic hydroxyl groups excluding tert-OH is 1. The second-order valence-corrected chi connectivity index (χ2v) is 9.98. The summed E-state index contributed by atoms with van der Waals surface area (Å²) in [7, 11) is 1.98. The van der Waals surface area contributed by atoms with E-state index in [1.807, 2.05) is 29.9 Å². The fraction of sp³-hybridized carbons (Fsp3) is 0.250. The number of rotatable bonds is 5. The summed E-state index contributed by atoms with van der Waals surface area (Å²) in [5.74, 6) is 0.932. The smallest absolute Gasteiger partial charge is 0.296 e. The molecule has 2 saturated heterocycles. The second kappa shape index (κ2) is 9.21. The van der Waals surface area contributed by atoms with Crippen LogP contribution in [-0.4, -0.2) is 67.2 Å². The molecular weight excluding hydrogens is 506 g/mol. The minimum Gasteiger partial charge on any atom is -0.456 e. The Bertz CT molecular complexity index is 1620. The van der Waals surface area contributed by atoms with Crippen molar-refractivity contribution in [3.63, 3.8) is 0 Å². The lowest BCUT2D eigenvalue weighted by molar-refractivity contribution is 0.00706. The molecule has 0 aliphatic carbocycles. The lowest BCUT2D eigenvalue weighted by atomic mass is 10.0. The van der Waals surface area contributed by atoms with Crippen LogP contribution < -0.4 is 4.74 Å². The molecule has 4 atom stereocenters. The number of aryl methyl sites for hydroxylation is 1. The molecule has 0 amide bonds. The number of nitrogens with one attached hydrogen (secondary N) is 1. The largest absolute Gasteiger partial charge is 0.456 e. The number of nitrogens with zero attached hydrogens (tertiary/aromatic N) is 4. The van der Waals surface area contributed by atoms with Gasteiger partial charge in [0.1, 0.15) is 24.1 Å². The average molecular weight is 530 g/mol. The first kappa shape index (κ1) is 23.4. The topological polar surface area (TPSA) is 107 Å². The predicted molar refractivity (Wildman–Crippen MR) is 142 cm³/mol. The summed E-state index contributed by atoms with van der Waals surface area (Å²) in [6.45, 7) is 0.561. The Morgan fingerprint density at radius 3 is 2.34 bits per heavy atom. The van der Waals surface area contributed by atoms with Gasteiger partial charge in [-0.05, 0) is 17.2 Å². The first-order valence-electron chi connectivity index (χ1n) is 12.4. The molecule has 2 aliphatic rings. The number of H-pyrrole nitrogens is 1. The molecule has 7 rings (SSSR count). The highest BCUT2D eigenvalue weighted by Crippen LogP contribution is 2.33. The summed E-state index contributed by atoms with van der Waals surface area (Å²) in [6, 6.07) is 18.6. The van der Waals surface area contributed by atoms with E-state index in [4.69, 9.17) is 30.8 Å². The molecule has 5 aromatic rings. The van der Waals surface area contributed by atoms with E-state index in [0.717, 1.165) is 28.1 Å². The van der Waals surface area contributed by atoms with Crippen molar-refractivity contribution in [1.82, 2.24) is 24.5 Å².